The first-order chi connectivity index (χ1) is 7.84. The van der Waals surface area contributed by atoms with Gasteiger partial charge in [-0.3, -0.25) is 0 Å². The van der Waals surface area contributed by atoms with E-state index < -0.39 is 35.2 Å². The van der Waals surface area contributed by atoms with Gasteiger partial charge < -0.3 is 20.3 Å². The van der Waals surface area contributed by atoms with Gasteiger partial charge in [0.1, 0.15) is 5.60 Å². The Balaban J connectivity index is 4.76. The van der Waals surface area contributed by atoms with Crippen molar-refractivity contribution in [3.63, 3.8) is 0 Å². The summed E-state index contributed by atoms with van der Waals surface area (Å²) in [5.74, 6) is -1.30. The second-order valence-electron chi connectivity index (χ2n) is 6.27. The lowest BCUT2D eigenvalue weighted by molar-refractivity contribution is -0.144. The van der Waals surface area contributed by atoms with Gasteiger partial charge in [0, 0.05) is 0 Å². The number of ether oxygens (including phenoxy) is 1. The highest BCUT2D eigenvalue weighted by Gasteiger charge is 2.37. The summed E-state index contributed by atoms with van der Waals surface area (Å²) in [4.78, 5) is 22.6. The van der Waals surface area contributed by atoms with E-state index in [1.54, 1.807) is 41.5 Å². The molecule has 0 aliphatic rings. The molecule has 0 aromatic rings. The van der Waals surface area contributed by atoms with E-state index in [1.807, 2.05) is 0 Å². The Morgan fingerprint density at radius 3 is 1.83 bits per heavy atom. The van der Waals surface area contributed by atoms with Crippen molar-refractivity contribution in [1.82, 2.24) is 5.32 Å². The van der Waals surface area contributed by atoms with Gasteiger partial charge in [-0.2, -0.15) is 0 Å². The van der Waals surface area contributed by atoms with Crippen molar-refractivity contribution in [3.05, 3.63) is 0 Å². The van der Waals surface area contributed by atoms with Crippen LogP contribution in [0.25, 0.3) is 0 Å². The molecule has 18 heavy (non-hydrogen) atoms. The van der Waals surface area contributed by atoms with Crippen molar-refractivity contribution in [1.29, 1.82) is 0 Å². The van der Waals surface area contributed by atoms with E-state index in [-0.39, 0.29) is 0 Å². The summed E-state index contributed by atoms with van der Waals surface area (Å²) >= 11 is 0. The van der Waals surface area contributed by atoms with E-state index in [9.17, 15) is 14.7 Å². The maximum Gasteiger partial charge on any atom is 0.408 e. The van der Waals surface area contributed by atoms with E-state index in [0.29, 0.717) is 0 Å². The molecule has 106 valence electrons. The number of amides is 1. The number of rotatable bonds is 3. The van der Waals surface area contributed by atoms with Crippen LogP contribution in [0.15, 0.2) is 0 Å². The highest BCUT2D eigenvalue weighted by molar-refractivity contribution is 5.80. The second kappa shape index (κ2) is 5.56. The minimum atomic E-state index is -1.40. The number of hydrogen-bond donors (Lipinski definition) is 3. The quantitative estimate of drug-likeness (QED) is 0.713. The molecule has 0 heterocycles. The smallest absolute Gasteiger partial charge is 0.408 e. The Morgan fingerprint density at radius 2 is 1.56 bits per heavy atom. The number of aliphatic carboxylic acids is 1. The van der Waals surface area contributed by atoms with Gasteiger partial charge in [0.25, 0.3) is 0 Å². The lowest BCUT2D eigenvalue weighted by Crippen LogP contribution is -2.54. The zero-order valence-corrected chi connectivity index (χ0v) is 11.8. The van der Waals surface area contributed by atoms with Crippen LogP contribution in [0, 0.1) is 5.41 Å². The number of aliphatic hydroxyl groups is 1. The van der Waals surface area contributed by atoms with Crippen molar-refractivity contribution in [2.75, 3.05) is 0 Å². The van der Waals surface area contributed by atoms with Crippen molar-refractivity contribution in [2.24, 2.45) is 5.41 Å². The Morgan fingerprint density at radius 1 is 1.11 bits per heavy atom. The summed E-state index contributed by atoms with van der Waals surface area (Å²) in [6.07, 6.45) is -2.08. The standard InChI is InChI=1S/C12H23NO5/c1-11(2,3)8(14)7(9(15)16)13-10(17)18-12(4,5)6/h7-8,14H,1-6H3,(H,13,17)(H,15,16)/t7?,8-/m1/s1. The third kappa shape index (κ3) is 5.86. The Kier molecular flexibility index (Phi) is 5.16. The van der Waals surface area contributed by atoms with Gasteiger partial charge in [0.15, 0.2) is 6.04 Å². The highest BCUT2D eigenvalue weighted by Crippen LogP contribution is 2.22. The van der Waals surface area contributed by atoms with Crippen LogP contribution in [0.4, 0.5) is 4.79 Å². The molecule has 0 aliphatic heterocycles. The van der Waals surface area contributed by atoms with Gasteiger partial charge >= 0.3 is 12.1 Å². The van der Waals surface area contributed by atoms with Crippen LogP contribution < -0.4 is 5.32 Å². The molecule has 0 saturated heterocycles. The minimum Gasteiger partial charge on any atom is -0.480 e. The van der Waals surface area contributed by atoms with E-state index in [0.717, 1.165) is 0 Å². The lowest BCUT2D eigenvalue weighted by Gasteiger charge is -2.31. The van der Waals surface area contributed by atoms with Crippen molar-refractivity contribution in [2.45, 2.75) is 59.3 Å². The average molecular weight is 261 g/mol. The molecule has 3 N–H and O–H groups in total. The molecule has 1 amide bonds. The summed E-state index contributed by atoms with van der Waals surface area (Å²) in [5.41, 5.74) is -1.39. The second-order valence-corrected chi connectivity index (χ2v) is 6.27. The van der Waals surface area contributed by atoms with Gasteiger partial charge in [-0.25, -0.2) is 9.59 Å². The monoisotopic (exact) mass is 261 g/mol. The summed E-state index contributed by atoms with van der Waals surface area (Å²) in [6, 6.07) is -1.40. The average Bonchev–Trinajstić information content (AvgIpc) is 2.08. The first-order valence-electron chi connectivity index (χ1n) is 5.75. The van der Waals surface area contributed by atoms with Gasteiger partial charge in [-0.15, -0.1) is 0 Å². The molecule has 0 rings (SSSR count). The zero-order valence-electron chi connectivity index (χ0n) is 11.8. The molecule has 0 bridgehead atoms. The number of hydrogen-bond acceptors (Lipinski definition) is 4. The van der Waals surface area contributed by atoms with Crippen LogP contribution in [-0.2, 0) is 9.53 Å². The minimum absolute atomic E-state index is 0.669. The molecular weight excluding hydrogens is 238 g/mol. The van der Waals surface area contributed by atoms with E-state index in [2.05, 4.69) is 5.32 Å². The van der Waals surface area contributed by atoms with Crippen LogP contribution in [0.3, 0.4) is 0 Å². The summed E-state index contributed by atoms with van der Waals surface area (Å²) in [7, 11) is 0. The Labute approximate surface area is 107 Å². The van der Waals surface area contributed by atoms with Crippen molar-refractivity contribution in [3.8, 4) is 0 Å². The molecule has 6 heteroatoms. The maximum absolute atomic E-state index is 11.5. The van der Waals surface area contributed by atoms with Crippen LogP contribution in [0.1, 0.15) is 41.5 Å². The van der Waals surface area contributed by atoms with Gasteiger partial charge in [-0.05, 0) is 26.2 Å². The molecule has 0 radical (unpaired) electrons. The van der Waals surface area contributed by atoms with Crippen LogP contribution >= 0.6 is 0 Å². The topological polar surface area (TPSA) is 95.9 Å². The predicted molar refractivity (Wildman–Crippen MR) is 66.3 cm³/mol. The van der Waals surface area contributed by atoms with Crippen molar-refractivity contribution < 1.29 is 24.5 Å². The van der Waals surface area contributed by atoms with E-state index in [4.69, 9.17) is 9.84 Å². The molecule has 2 atom stereocenters. The molecular formula is C12H23NO5. The molecule has 0 spiro atoms. The largest absolute Gasteiger partial charge is 0.480 e. The fourth-order valence-electron chi connectivity index (χ4n) is 1.21. The number of nitrogens with one attached hydrogen (secondary N) is 1. The zero-order chi connectivity index (χ0) is 14.7. The first kappa shape index (κ1) is 16.7. The van der Waals surface area contributed by atoms with E-state index >= 15 is 0 Å². The molecule has 0 saturated carbocycles. The maximum atomic E-state index is 11.5. The van der Waals surface area contributed by atoms with Gasteiger partial charge in [0.05, 0.1) is 6.10 Å². The third-order valence-corrected chi connectivity index (χ3v) is 2.14. The van der Waals surface area contributed by atoms with Gasteiger partial charge in [-0.1, -0.05) is 20.8 Å². The summed E-state index contributed by atoms with van der Waals surface area (Å²) < 4.78 is 4.96. The first-order valence-corrected chi connectivity index (χ1v) is 5.75. The number of carbonyl (C=O) groups excluding carboxylic acids is 1. The fourth-order valence-corrected chi connectivity index (χ4v) is 1.21. The predicted octanol–water partition coefficient (Wildman–Crippen LogP) is 1.37. The van der Waals surface area contributed by atoms with Crippen LogP contribution in [0.2, 0.25) is 0 Å². The molecule has 0 aromatic carbocycles. The van der Waals surface area contributed by atoms with Gasteiger partial charge in [0.2, 0.25) is 0 Å². The Hall–Kier alpha value is -1.30. The normalized spacial score (nSPS) is 15.7. The molecule has 0 fully saturated rings. The number of alkyl carbamates (subject to hydrolysis) is 1. The Bertz CT molecular complexity index is 313. The number of carbonyl (C=O) groups is 2. The third-order valence-electron chi connectivity index (χ3n) is 2.14. The molecule has 1 unspecified atom stereocenters. The van der Waals surface area contributed by atoms with E-state index in [1.165, 1.54) is 0 Å². The van der Waals surface area contributed by atoms with Crippen LogP contribution in [0.5, 0.6) is 0 Å². The summed E-state index contributed by atoms with van der Waals surface area (Å²) in [5, 5.41) is 21.1. The highest BCUT2D eigenvalue weighted by atomic mass is 16.6. The number of carboxylic acid groups (broad SMARTS) is 1. The summed E-state index contributed by atoms with van der Waals surface area (Å²) in [6.45, 7) is 10.1. The molecule has 0 aliphatic carbocycles. The van der Waals surface area contributed by atoms with Crippen molar-refractivity contribution >= 4 is 12.1 Å². The number of aliphatic hydroxyl groups excluding tert-OH is 1. The fraction of sp³-hybridized carbons (Fsp3) is 0.833. The molecule has 6 nitrogen and oxygen atoms in total. The SMILES string of the molecule is CC(C)(C)OC(=O)NC(C(=O)O)[C@@H](O)C(C)(C)C. The molecule has 0 aromatic heterocycles. The van der Waals surface area contributed by atoms with Crippen LogP contribution in [-0.4, -0.2) is 40.0 Å². The lowest BCUT2D eigenvalue weighted by atomic mass is 9.84. The number of carboxylic acids is 1.